The van der Waals surface area contributed by atoms with Gasteiger partial charge in [-0.25, -0.2) is 0 Å². The van der Waals surface area contributed by atoms with E-state index in [-0.39, 0.29) is 0 Å². The van der Waals surface area contributed by atoms with Gasteiger partial charge in [0.25, 0.3) is 0 Å². The minimum atomic E-state index is 0.539. The summed E-state index contributed by atoms with van der Waals surface area (Å²) in [4.78, 5) is 0. The predicted octanol–water partition coefficient (Wildman–Crippen LogP) is 6.11. The van der Waals surface area contributed by atoms with Crippen LogP contribution in [0.5, 0.6) is 5.75 Å². The van der Waals surface area contributed by atoms with Gasteiger partial charge in [0.15, 0.2) is 0 Å². The molecule has 0 bridgehead atoms. The monoisotopic (exact) mass is 540 g/mol. The highest BCUT2D eigenvalue weighted by molar-refractivity contribution is 5.27. The van der Waals surface area contributed by atoms with Crippen LogP contribution in [0.25, 0.3) is 0 Å². The summed E-state index contributed by atoms with van der Waals surface area (Å²) in [6, 6.07) is 8.46. The van der Waals surface area contributed by atoms with Crippen LogP contribution >= 0.6 is 0 Å². The Morgan fingerprint density at radius 2 is 0.974 bits per heavy atom. The van der Waals surface area contributed by atoms with E-state index in [9.17, 15) is 0 Å². The minimum Gasteiger partial charge on any atom is -0.491 e. The maximum atomic E-state index is 5.76. The average molecular weight is 541 g/mol. The number of unbranched alkanes of at least 4 members (excludes halogenated alkanes) is 5. The van der Waals surface area contributed by atoms with E-state index in [1.807, 2.05) is 0 Å². The highest BCUT2D eigenvalue weighted by atomic mass is 16.6. The van der Waals surface area contributed by atoms with Crippen molar-refractivity contribution in [2.45, 2.75) is 72.1 Å². The fourth-order valence-electron chi connectivity index (χ4n) is 3.58. The predicted molar refractivity (Wildman–Crippen MR) is 153 cm³/mol. The lowest BCUT2D eigenvalue weighted by atomic mass is 10.0. The highest BCUT2D eigenvalue weighted by Gasteiger charge is 1.99. The van der Waals surface area contributed by atoms with Crippen molar-refractivity contribution in [1.29, 1.82) is 0 Å². The third kappa shape index (κ3) is 22.7. The standard InChI is InChI=1S/C31H56O7/c1-4-6-7-8-9-10-11-30-12-14-31(15-13-30)38-27-26-36-23-22-34-19-18-32-16-17-33-20-21-35-24-25-37-28-29(3)5-2/h12-15,29H,4-11,16-28H2,1-3H3. The molecule has 0 spiro atoms. The Morgan fingerprint density at radius 3 is 1.47 bits per heavy atom. The average Bonchev–Trinajstić information content (AvgIpc) is 2.94. The fourth-order valence-corrected chi connectivity index (χ4v) is 3.58. The summed E-state index contributed by atoms with van der Waals surface area (Å²) >= 11 is 0. The normalized spacial score (nSPS) is 12.2. The molecular weight excluding hydrogens is 484 g/mol. The zero-order valence-corrected chi connectivity index (χ0v) is 24.6. The van der Waals surface area contributed by atoms with Crippen molar-refractivity contribution in [3.63, 3.8) is 0 Å². The van der Waals surface area contributed by atoms with Crippen LogP contribution in [0.3, 0.4) is 0 Å². The first-order valence-electron chi connectivity index (χ1n) is 14.9. The lowest BCUT2D eigenvalue weighted by Crippen LogP contribution is -2.15. The SMILES string of the molecule is CCCCCCCCc1ccc(OCCOCCOCCOCCOCCOCCOCC(C)CC)cc1. The van der Waals surface area contributed by atoms with Gasteiger partial charge in [-0.15, -0.1) is 0 Å². The molecule has 1 unspecified atom stereocenters. The van der Waals surface area contributed by atoms with E-state index in [2.05, 4.69) is 45.0 Å². The second kappa shape index (κ2) is 27.4. The fraction of sp³-hybridized carbons (Fsp3) is 0.806. The van der Waals surface area contributed by atoms with Crippen LogP contribution in [-0.4, -0.2) is 85.9 Å². The minimum absolute atomic E-state index is 0.539. The number of hydrogen-bond acceptors (Lipinski definition) is 7. The van der Waals surface area contributed by atoms with Gasteiger partial charge in [-0.2, -0.15) is 0 Å². The molecule has 1 aromatic rings. The highest BCUT2D eigenvalue weighted by Crippen LogP contribution is 2.15. The Bertz CT molecular complexity index is 596. The van der Waals surface area contributed by atoms with Gasteiger partial charge in [-0.1, -0.05) is 71.4 Å². The van der Waals surface area contributed by atoms with E-state index in [0.717, 1.165) is 25.2 Å². The van der Waals surface area contributed by atoms with Crippen LogP contribution in [-0.2, 0) is 34.8 Å². The maximum Gasteiger partial charge on any atom is 0.119 e. The van der Waals surface area contributed by atoms with Gasteiger partial charge >= 0.3 is 0 Å². The second-order valence-corrected chi connectivity index (χ2v) is 9.66. The van der Waals surface area contributed by atoms with E-state index in [1.54, 1.807) is 0 Å². The smallest absolute Gasteiger partial charge is 0.119 e. The molecule has 0 N–H and O–H groups in total. The summed E-state index contributed by atoms with van der Waals surface area (Å²) in [6.07, 6.45) is 10.3. The Kier molecular flexibility index (Phi) is 25.1. The van der Waals surface area contributed by atoms with Gasteiger partial charge < -0.3 is 33.2 Å². The van der Waals surface area contributed by atoms with E-state index in [1.165, 1.54) is 44.1 Å². The van der Waals surface area contributed by atoms with Crippen molar-refractivity contribution >= 4 is 0 Å². The first-order chi connectivity index (χ1) is 18.8. The van der Waals surface area contributed by atoms with Crippen LogP contribution in [0.2, 0.25) is 0 Å². The molecule has 1 rings (SSSR count). The number of rotatable bonds is 29. The van der Waals surface area contributed by atoms with Crippen molar-refractivity contribution < 1.29 is 33.2 Å². The molecule has 1 atom stereocenters. The van der Waals surface area contributed by atoms with Crippen molar-refractivity contribution in [1.82, 2.24) is 0 Å². The molecule has 0 heterocycles. The zero-order chi connectivity index (χ0) is 27.4. The summed E-state index contributed by atoms with van der Waals surface area (Å²) in [5.74, 6) is 1.50. The van der Waals surface area contributed by atoms with Crippen LogP contribution in [0.4, 0.5) is 0 Å². The van der Waals surface area contributed by atoms with E-state index < -0.39 is 0 Å². The topological polar surface area (TPSA) is 64.6 Å². The number of ether oxygens (including phenoxy) is 7. The summed E-state index contributed by atoms with van der Waals surface area (Å²) in [5, 5.41) is 0. The maximum absolute atomic E-state index is 5.76. The van der Waals surface area contributed by atoms with Gasteiger partial charge in [-0.05, 0) is 36.5 Å². The Hall–Kier alpha value is -1.22. The number of hydrogen-bond donors (Lipinski definition) is 0. The van der Waals surface area contributed by atoms with Crippen LogP contribution in [0, 0.1) is 5.92 Å². The van der Waals surface area contributed by atoms with Crippen LogP contribution in [0.1, 0.15) is 71.3 Å². The van der Waals surface area contributed by atoms with Gasteiger partial charge in [0.05, 0.1) is 72.7 Å². The molecule has 0 saturated carbocycles. The second-order valence-electron chi connectivity index (χ2n) is 9.66. The molecule has 222 valence electrons. The molecule has 0 aromatic heterocycles. The quantitative estimate of drug-likeness (QED) is 0.114. The lowest BCUT2D eigenvalue weighted by molar-refractivity contribution is -0.0191. The molecule has 0 amide bonds. The Balaban J connectivity index is 1.77. The molecule has 0 radical (unpaired) electrons. The van der Waals surface area contributed by atoms with Crippen LogP contribution in [0.15, 0.2) is 24.3 Å². The molecule has 38 heavy (non-hydrogen) atoms. The molecule has 7 heteroatoms. The number of aryl methyl sites for hydroxylation is 1. The summed E-state index contributed by atoms with van der Waals surface area (Å²) < 4.78 is 38.8. The summed E-state index contributed by atoms with van der Waals surface area (Å²) in [6.45, 7) is 14.2. The molecule has 0 aliphatic rings. The lowest BCUT2D eigenvalue weighted by Gasteiger charge is -2.10. The Morgan fingerprint density at radius 1 is 0.526 bits per heavy atom. The van der Waals surface area contributed by atoms with Crippen molar-refractivity contribution in [2.24, 2.45) is 5.92 Å². The molecule has 1 aromatic carbocycles. The van der Waals surface area contributed by atoms with E-state index in [4.69, 9.17) is 33.2 Å². The third-order valence-corrected chi connectivity index (χ3v) is 6.20. The molecule has 0 fully saturated rings. The van der Waals surface area contributed by atoms with E-state index >= 15 is 0 Å². The first kappa shape index (κ1) is 34.8. The van der Waals surface area contributed by atoms with Crippen molar-refractivity contribution in [2.75, 3.05) is 85.9 Å². The summed E-state index contributed by atoms with van der Waals surface area (Å²) in [7, 11) is 0. The zero-order valence-electron chi connectivity index (χ0n) is 24.6. The van der Waals surface area contributed by atoms with Gasteiger partial charge in [0.2, 0.25) is 0 Å². The molecule has 0 aliphatic carbocycles. The first-order valence-corrected chi connectivity index (χ1v) is 14.9. The van der Waals surface area contributed by atoms with Crippen molar-refractivity contribution in [3.8, 4) is 5.75 Å². The number of benzene rings is 1. The molecule has 0 aliphatic heterocycles. The molecule has 7 nitrogen and oxygen atoms in total. The summed E-state index contributed by atoms with van der Waals surface area (Å²) in [5.41, 5.74) is 1.39. The van der Waals surface area contributed by atoms with Gasteiger partial charge in [0, 0.05) is 6.61 Å². The van der Waals surface area contributed by atoms with E-state index in [0.29, 0.717) is 85.2 Å². The van der Waals surface area contributed by atoms with Gasteiger partial charge in [0.1, 0.15) is 12.4 Å². The van der Waals surface area contributed by atoms with Crippen LogP contribution < -0.4 is 4.74 Å². The molecular formula is C31H56O7. The van der Waals surface area contributed by atoms with Crippen molar-refractivity contribution in [3.05, 3.63) is 29.8 Å². The largest absolute Gasteiger partial charge is 0.491 e. The molecule has 0 saturated heterocycles. The Labute approximate surface area is 232 Å². The van der Waals surface area contributed by atoms with Gasteiger partial charge in [-0.3, -0.25) is 0 Å². The third-order valence-electron chi connectivity index (χ3n) is 6.20.